The summed E-state index contributed by atoms with van der Waals surface area (Å²) in [6.45, 7) is 2.73. The van der Waals surface area contributed by atoms with Gasteiger partial charge in [-0.2, -0.15) is 4.98 Å². The maximum absolute atomic E-state index is 13.9. The lowest BCUT2D eigenvalue weighted by molar-refractivity contribution is 0.0793. The van der Waals surface area contributed by atoms with Crippen LogP contribution in [0.5, 0.6) is 0 Å². The zero-order chi connectivity index (χ0) is 24.2. The number of rotatable bonds is 9. The van der Waals surface area contributed by atoms with Gasteiger partial charge < -0.3 is 15.4 Å². The van der Waals surface area contributed by atoms with Crippen molar-refractivity contribution in [2.24, 2.45) is 0 Å². The standard InChI is InChI=1S/C25H26FIN6OS/c1-33(14-20-3-2-10-34-20)13-16-4-6-18(7-5-16)31-25-32-24-22(35-25)23(28-15-29-24)30-19-8-9-21(26)17(11-19)12-27/h4-9,11,15,20H,2-3,10,12-14H2,1H3,(H2,28,29,30,31,32)/t20-/m1/s1. The third-order valence-corrected chi connectivity index (χ3v) is 7.63. The lowest BCUT2D eigenvalue weighted by Gasteiger charge is -2.20. The highest BCUT2D eigenvalue weighted by atomic mass is 127. The zero-order valence-electron chi connectivity index (χ0n) is 19.3. The second kappa shape index (κ2) is 11.1. The van der Waals surface area contributed by atoms with Crippen molar-refractivity contribution in [1.82, 2.24) is 19.9 Å². The maximum atomic E-state index is 13.9. The second-order valence-electron chi connectivity index (χ2n) is 8.61. The number of alkyl halides is 1. The predicted octanol–water partition coefficient (Wildman–Crippen LogP) is 6.26. The molecule has 1 saturated heterocycles. The highest BCUT2D eigenvalue weighted by molar-refractivity contribution is 14.1. The van der Waals surface area contributed by atoms with E-state index in [-0.39, 0.29) is 5.82 Å². The van der Waals surface area contributed by atoms with Crippen LogP contribution in [0.1, 0.15) is 24.0 Å². The molecule has 10 heteroatoms. The molecule has 0 unspecified atom stereocenters. The number of aromatic nitrogens is 3. The largest absolute Gasteiger partial charge is 0.377 e. The van der Waals surface area contributed by atoms with E-state index in [1.165, 1.54) is 35.7 Å². The Hall–Kier alpha value is -2.41. The van der Waals surface area contributed by atoms with Crippen LogP contribution in [0.15, 0.2) is 48.8 Å². The monoisotopic (exact) mass is 604 g/mol. The molecule has 182 valence electrons. The molecule has 1 aliphatic heterocycles. The molecule has 0 radical (unpaired) electrons. The SMILES string of the molecule is CN(Cc1ccc(Nc2nc3ncnc(Nc4ccc(F)c(CI)c4)c3s2)cc1)C[C@H]1CCCO1. The Balaban J connectivity index is 1.26. The van der Waals surface area contributed by atoms with Crippen molar-refractivity contribution in [3.63, 3.8) is 0 Å². The van der Waals surface area contributed by atoms with Crippen LogP contribution in [0.2, 0.25) is 0 Å². The van der Waals surface area contributed by atoms with Gasteiger partial charge in [-0.25, -0.2) is 14.4 Å². The number of hydrogen-bond acceptors (Lipinski definition) is 8. The number of likely N-dealkylation sites (N-methyl/N-ethyl adjacent to an activating group) is 1. The molecule has 0 aliphatic carbocycles. The van der Waals surface area contributed by atoms with Crippen molar-refractivity contribution >= 4 is 66.6 Å². The van der Waals surface area contributed by atoms with E-state index < -0.39 is 0 Å². The number of thiazole rings is 1. The van der Waals surface area contributed by atoms with Crippen molar-refractivity contribution in [1.29, 1.82) is 0 Å². The van der Waals surface area contributed by atoms with Gasteiger partial charge in [0.05, 0.1) is 6.10 Å². The van der Waals surface area contributed by atoms with E-state index in [9.17, 15) is 4.39 Å². The molecule has 4 aromatic rings. The third kappa shape index (κ3) is 6.05. The van der Waals surface area contributed by atoms with Crippen LogP contribution in [0.25, 0.3) is 10.3 Å². The third-order valence-electron chi connectivity index (χ3n) is 5.84. The Bertz CT molecular complexity index is 1300. The molecule has 0 saturated carbocycles. The molecule has 1 fully saturated rings. The van der Waals surface area contributed by atoms with E-state index in [1.54, 1.807) is 12.1 Å². The van der Waals surface area contributed by atoms with Crippen LogP contribution in [0.3, 0.4) is 0 Å². The number of hydrogen-bond donors (Lipinski definition) is 2. The molecule has 3 heterocycles. The second-order valence-corrected chi connectivity index (χ2v) is 10.4. The fourth-order valence-electron chi connectivity index (χ4n) is 4.12. The van der Waals surface area contributed by atoms with E-state index in [1.807, 2.05) is 0 Å². The molecule has 7 nitrogen and oxygen atoms in total. The van der Waals surface area contributed by atoms with Gasteiger partial charge in [-0.1, -0.05) is 46.1 Å². The lowest BCUT2D eigenvalue weighted by Crippen LogP contribution is -2.28. The molecule has 2 N–H and O–H groups in total. The van der Waals surface area contributed by atoms with E-state index in [0.29, 0.717) is 27.6 Å². The van der Waals surface area contributed by atoms with Gasteiger partial charge in [0, 0.05) is 35.5 Å². The van der Waals surface area contributed by atoms with E-state index in [2.05, 4.69) is 84.4 Å². The first-order valence-electron chi connectivity index (χ1n) is 11.5. The van der Waals surface area contributed by atoms with Crippen LogP contribution in [-0.4, -0.2) is 46.2 Å². The van der Waals surface area contributed by atoms with Crippen molar-refractivity contribution in [2.45, 2.75) is 29.9 Å². The lowest BCUT2D eigenvalue weighted by atomic mass is 10.2. The van der Waals surface area contributed by atoms with Crippen LogP contribution in [-0.2, 0) is 15.7 Å². The van der Waals surface area contributed by atoms with E-state index in [0.717, 1.165) is 47.3 Å². The molecule has 2 aromatic heterocycles. The molecule has 1 atom stereocenters. The number of anilines is 4. The summed E-state index contributed by atoms with van der Waals surface area (Å²) in [5.41, 5.74) is 4.25. The first-order chi connectivity index (χ1) is 17.1. The fraction of sp³-hybridized carbons (Fsp3) is 0.320. The Labute approximate surface area is 221 Å². The molecule has 5 rings (SSSR count). The Morgan fingerprint density at radius 1 is 1.14 bits per heavy atom. The summed E-state index contributed by atoms with van der Waals surface area (Å²) in [6, 6.07) is 13.4. The Morgan fingerprint density at radius 3 is 2.74 bits per heavy atom. The molecule has 1 aliphatic rings. The maximum Gasteiger partial charge on any atom is 0.189 e. The number of ether oxygens (including phenoxy) is 1. The summed E-state index contributed by atoms with van der Waals surface area (Å²) in [6.07, 6.45) is 4.16. The zero-order valence-corrected chi connectivity index (χ0v) is 22.3. The summed E-state index contributed by atoms with van der Waals surface area (Å²) in [4.78, 5) is 15.6. The van der Waals surface area contributed by atoms with Crippen LogP contribution >= 0.6 is 33.9 Å². The first kappa shape index (κ1) is 24.3. The highest BCUT2D eigenvalue weighted by Gasteiger charge is 2.17. The van der Waals surface area contributed by atoms with Crippen LogP contribution < -0.4 is 10.6 Å². The quantitative estimate of drug-likeness (QED) is 0.173. The molecule has 35 heavy (non-hydrogen) atoms. The molecule has 0 amide bonds. The number of nitrogens with zero attached hydrogens (tertiary/aromatic N) is 4. The van der Waals surface area contributed by atoms with Gasteiger partial charge in [0.25, 0.3) is 0 Å². The Kier molecular flexibility index (Phi) is 7.71. The number of halogens is 2. The summed E-state index contributed by atoms with van der Waals surface area (Å²) < 4.78 is 21.0. The molecule has 0 spiro atoms. The molecular weight excluding hydrogens is 578 g/mol. The molecule has 0 bridgehead atoms. The van der Waals surface area contributed by atoms with E-state index in [4.69, 9.17) is 4.74 Å². The van der Waals surface area contributed by atoms with Gasteiger partial charge in [0.2, 0.25) is 0 Å². The predicted molar refractivity (Wildman–Crippen MR) is 148 cm³/mol. The highest BCUT2D eigenvalue weighted by Crippen LogP contribution is 2.33. The molecule has 2 aromatic carbocycles. The first-order valence-corrected chi connectivity index (χ1v) is 13.8. The number of nitrogens with one attached hydrogen (secondary N) is 2. The average molecular weight is 604 g/mol. The van der Waals surface area contributed by atoms with Crippen molar-refractivity contribution in [2.75, 3.05) is 30.8 Å². The van der Waals surface area contributed by atoms with Gasteiger partial charge in [-0.15, -0.1) is 0 Å². The number of fused-ring (bicyclic) bond motifs is 1. The Morgan fingerprint density at radius 2 is 1.97 bits per heavy atom. The van der Waals surface area contributed by atoms with Crippen LogP contribution in [0.4, 0.5) is 26.7 Å². The van der Waals surface area contributed by atoms with Gasteiger partial charge in [-0.3, -0.25) is 4.90 Å². The fourth-order valence-corrected chi connectivity index (χ4v) is 5.59. The minimum atomic E-state index is -0.206. The van der Waals surface area contributed by atoms with Crippen LogP contribution in [0, 0.1) is 5.82 Å². The van der Waals surface area contributed by atoms with Gasteiger partial charge in [-0.05, 0) is 61.3 Å². The normalized spacial score (nSPS) is 15.7. The summed E-state index contributed by atoms with van der Waals surface area (Å²) in [7, 11) is 2.14. The van der Waals surface area contributed by atoms with E-state index >= 15 is 0 Å². The topological polar surface area (TPSA) is 75.2 Å². The number of benzene rings is 2. The van der Waals surface area contributed by atoms with Gasteiger partial charge >= 0.3 is 0 Å². The minimum Gasteiger partial charge on any atom is -0.377 e. The van der Waals surface area contributed by atoms with Gasteiger partial charge in [0.15, 0.2) is 16.6 Å². The smallest absolute Gasteiger partial charge is 0.189 e. The van der Waals surface area contributed by atoms with Crippen molar-refractivity contribution in [3.8, 4) is 0 Å². The van der Waals surface area contributed by atoms with Gasteiger partial charge in [0.1, 0.15) is 16.8 Å². The summed E-state index contributed by atoms with van der Waals surface area (Å²) in [5.74, 6) is 0.443. The van der Waals surface area contributed by atoms with Crippen molar-refractivity contribution in [3.05, 3.63) is 65.7 Å². The summed E-state index contributed by atoms with van der Waals surface area (Å²) >= 11 is 3.63. The summed E-state index contributed by atoms with van der Waals surface area (Å²) in [5, 5.41) is 7.40. The van der Waals surface area contributed by atoms with Crippen molar-refractivity contribution < 1.29 is 9.13 Å². The minimum absolute atomic E-state index is 0.206. The molecular formula is C25H26FIN6OS. The average Bonchev–Trinajstić information content (AvgIpc) is 3.51.